The van der Waals surface area contributed by atoms with Gasteiger partial charge in [-0.15, -0.1) is 0 Å². The molecule has 3 N–H and O–H groups in total. The largest absolute Gasteiger partial charge is 0.353 e. The van der Waals surface area contributed by atoms with E-state index in [1.165, 1.54) is 12.8 Å². The van der Waals surface area contributed by atoms with E-state index < -0.39 is 0 Å². The predicted octanol–water partition coefficient (Wildman–Crippen LogP) is 3.08. The van der Waals surface area contributed by atoms with E-state index in [9.17, 15) is 4.79 Å². The van der Waals surface area contributed by atoms with Gasteiger partial charge in [0, 0.05) is 12.1 Å². The van der Waals surface area contributed by atoms with E-state index in [1.54, 1.807) is 0 Å². The molecule has 3 nitrogen and oxygen atoms in total. The Morgan fingerprint density at radius 3 is 2.58 bits per heavy atom. The fourth-order valence-electron chi connectivity index (χ4n) is 3.00. The highest BCUT2D eigenvalue weighted by Gasteiger charge is 2.32. The van der Waals surface area contributed by atoms with E-state index in [0.717, 1.165) is 31.6 Å². The monoisotopic (exact) mass is 268 g/mol. The van der Waals surface area contributed by atoms with Gasteiger partial charge in [-0.05, 0) is 38.0 Å². The lowest BCUT2D eigenvalue weighted by molar-refractivity contribution is -0.127. The summed E-state index contributed by atoms with van der Waals surface area (Å²) in [5.41, 5.74) is 6.18. The van der Waals surface area contributed by atoms with Gasteiger partial charge in [0.2, 0.25) is 5.91 Å². The van der Waals surface area contributed by atoms with Gasteiger partial charge in [0.15, 0.2) is 0 Å². The second-order valence-corrected chi connectivity index (χ2v) is 6.83. The molecule has 4 unspecified atom stereocenters. The molecule has 0 bridgehead atoms. The lowest BCUT2D eigenvalue weighted by Gasteiger charge is -2.33. The molecule has 1 saturated carbocycles. The van der Waals surface area contributed by atoms with Crippen molar-refractivity contribution in [2.75, 3.05) is 0 Å². The fraction of sp³-hybridized carbons (Fsp3) is 0.938. The number of amides is 1. The van der Waals surface area contributed by atoms with Crippen LogP contribution in [0.15, 0.2) is 0 Å². The molecule has 0 heterocycles. The highest BCUT2D eigenvalue weighted by molar-refractivity contribution is 5.79. The molecule has 1 aliphatic rings. The molecule has 0 aromatic rings. The Kier molecular flexibility index (Phi) is 6.84. The first-order valence-corrected chi connectivity index (χ1v) is 7.97. The molecule has 3 heteroatoms. The number of nitrogens with one attached hydrogen (secondary N) is 1. The zero-order valence-electron chi connectivity index (χ0n) is 13.1. The first kappa shape index (κ1) is 16.5. The molecule has 0 aromatic heterocycles. The number of carbonyl (C=O) groups excluding carboxylic acids is 1. The average Bonchev–Trinajstić information content (AvgIpc) is 2.31. The molecule has 0 aromatic carbocycles. The van der Waals surface area contributed by atoms with Crippen molar-refractivity contribution in [1.82, 2.24) is 5.32 Å². The predicted molar refractivity (Wildman–Crippen MR) is 80.8 cm³/mol. The summed E-state index contributed by atoms with van der Waals surface area (Å²) in [6.45, 7) is 8.75. The summed E-state index contributed by atoms with van der Waals surface area (Å²) in [6.07, 6.45) is 6.74. The van der Waals surface area contributed by atoms with Crippen LogP contribution in [-0.4, -0.2) is 18.0 Å². The van der Waals surface area contributed by atoms with E-state index in [2.05, 4.69) is 33.0 Å². The number of carbonyl (C=O) groups is 1. The second-order valence-electron chi connectivity index (χ2n) is 6.83. The van der Waals surface area contributed by atoms with Gasteiger partial charge in [0.1, 0.15) is 0 Å². The molecule has 0 radical (unpaired) electrons. The third-order valence-electron chi connectivity index (χ3n) is 4.44. The number of rotatable bonds is 6. The van der Waals surface area contributed by atoms with Crippen molar-refractivity contribution in [1.29, 1.82) is 0 Å². The van der Waals surface area contributed by atoms with Crippen molar-refractivity contribution in [3.63, 3.8) is 0 Å². The third-order valence-corrected chi connectivity index (χ3v) is 4.44. The summed E-state index contributed by atoms with van der Waals surface area (Å²) in [7, 11) is 0. The highest BCUT2D eigenvalue weighted by Crippen LogP contribution is 2.28. The van der Waals surface area contributed by atoms with Crippen LogP contribution in [-0.2, 0) is 4.79 Å². The number of hydrogen-bond donors (Lipinski definition) is 2. The first-order valence-electron chi connectivity index (χ1n) is 7.97. The maximum absolute atomic E-state index is 12.3. The third kappa shape index (κ3) is 5.52. The Morgan fingerprint density at radius 2 is 1.95 bits per heavy atom. The van der Waals surface area contributed by atoms with Crippen LogP contribution in [0.3, 0.4) is 0 Å². The Bertz CT molecular complexity index is 278. The minimum absolute atomic E-state index is 0.0244. The minimum Gasteiger partial charge on any atom is -0.353 e. The minimum atomic E-state index is 0.0244. The molecule has 4 atom stereocenters. The zero-order valence-corrected chi connectivity index (χ0v) is 13.1. The topological polar surface area (TPSA) is 55.1 Å². The summed E-state index contributed by atoms with van der Waals surface area (Å²) in [6, 6.07) is 0.312. The van der Waals surface area contributed by atoms with Crippen molar-refractivity contribution in [2.24, 2.45) is 23.5 Å². The van der Waals surface area contributed by atoms with Crippen molar-refractivity contribution in [3.8, 4) is 0 Å². The van der Waals surface area contributed by atoms with E-state index in [4.69, 9.17) is 5.73 Å². The lowest BCUT2D eigenvalue weighted by atomic mass is 9.77. The summed E-state index contributed by atoms with van der Waals surface area (Å²) < 4.78 is 0. The highest BCUT2D eigenvalue weighted by atomic mass is 16.2. The Balaban J connectivity index is 2.32. The number of hydrogen-bond acceptors (Lipinski definition) is 2. The van der Waals surface area contributed by atoms with Gasteiger partial charge in [-0.1, -0.05) is 40.0 Å². The van der Waals surface area contributed by atoms with Crippen LogP contribution in [0, 0.1) is 17.8 Å². The van der Waals surface area contributed by atoms with E-state index >= 15 is 0 Å². The molecule has 1 fully saturated rings. The fourth-order valence-corrected chi connectivity index (χ4v) is 3.00. The van der Waals surface area contributed by atoms with Crippen LogP contribution in [0.5, 0.6) is 0 Å². The standard InChI is InChI=1S/C16H32N2O/c1-11(2)7-5-9-13(4)18-16(19)14-10-6-8-12(3)15(14)17/h11-15H,5-10,17H2,1-4H3,(H,18,19). The van der Waals surface area contributed by atoms with Crippen LogP contribution in [0.1, 0.15) is 66.2 Å². The van der Waals surface area contributed by atoms with Gasteiger partial charge in [-0.3, -0.25) is 4.79 Å². The molecule has 1 amide bonds. The number of nitrogens with two attached hydrogens (primary N) is 1. The summed E-state index contributed by atoms with van der Waals surface area (Å²) >= 11 is 0. The van der Waals surface area contributed by atoms with Crippen LogP contribution >= 0.6 is 0 Å². The smallest absolute Gasteiger partial charge is 0.224 e. The second kappa shape index (κ2) is 7.88. The Labute approximate surface area is 118 Å². The molecule has 19 heavy (non-hydrogen) atoms. The lowest BCUT2D eigenvalue weighted by Crippen LogP contribution is -2.49. The molecule has 0 spiro atoms. The van der Waals surface area contributed by atoms with Crippen molar-refractivity contribution in [2.45, 2.75) is 78.3 Å². The Hall–Kier alpha value is -0.570. The van der Waals surface area contributed by atoms with Crippen LogP contribution in [0.25, 0.3) is 0 Å². The maximum Gasteiger partial charge on any atom is 0.224 e. The maximum atomic E-state index is 12.3. The molecular weight excluding hydrogens is 236 g/mol. The van der Waals surface area contributed by atoms with E-state index in [0.29, 0.717) is 5.92 Å². The van der Waals surface area contributed by atoms with Crippen molar-refractivity contribution < 1.29 is 4.79 Å². The van der Waals surface area contributed by atoms with Gasteiger partial charge in [0.25, 0.3) is 0 Å². The SMILES string of the molecule is CC(C)CCCC(C)NC(=O)C1CCCC(C)C1N. The molecule has 1 aliphatic carbocycles. The van der Waals surface area contributed by atoms with Crippen LogP contribution < -0.4 is 11.1 Å². The van der Waals surface area contributed by atoms with Crippen LogP contribution in [0.2, 0.25) is 0 Å². The molecule has 1 rings (SSSR count). The van der Waals surface area contributed by atoms with Gasteiger partial charge in [-0.25, -0.2) is 0 Å². The van der Waals surface area contributed by atoms with E-state index in [-0.39, 0.29) is 23.9 Å². The van der Waals surface area contributed by atoms with E-state index in [1.807, 2.05) is 0 Å². The first-order chi connectivity index (χ1) is 8.91. The van der Waals surface area contributed by atoms with Gasteiger partial charge >= 0.3 is 0 Å². The molecule has 0 saturated heterocycles. The normalized spacial score (nSPS) is 29.3. The molecule has 112 valence electrons. The van der Waals surface area contributed by atoms with Crippen molar-refractivity contribution in [3.05, 3.63) is 0 Å². The molecular formula is C16H32N2O. The summed E-state index contributed by atoms with van der Waals surface area (Å²) in [5, 5.41) is 3.16. The van der Waals surface area contributed by atoms with Gasteiger partial charge in [-0.2, -0.15) is 0 Å². The zero-order chi connectivity index (χ0) is 14.4. The van der Waals surface area contributed by atoms with Gasteiger partial charge in [0.05, 0.1) is 5.92 Å². The summed E-state index contributed by atoms with van der Waals surface area (Å²) in [4.78, 5) is 12.3. The Morgan fingerprint density at radius 1 is 1.26 bits per heavy atom. The quantitative estimate of drug-likeness (QED) is 0.778. The average molecular weight is 268 g/mol. The molecule has 0 aliphatic heterocycles. The van der Waals surface area contributed by atoms with Crippen molar-refractivity contribution >= 4 is 5.91 Å². The van der Waals surface area contributed by atoms with Crippen LogP contribution in [0.4, 0.5) is 0 Å². The summed E-state index contributed by atoms with van der Waals surface area (Å²) in [5.74, 6) is 1.42. The van der Waals surface area contributed by atoms with Gasteiger partial charge < -0.3 is 11.1 Å².